The fourth-order valence-corrected chi connectivity index (χ4v) is 9.38. The summed E-state index contributed by atoms with van der Waals surface area (Å²) in [6.07, 6.45) is 10.9. The van der Waals surface area contributed by atoms with Crippen molar-refractivity contribution in [1.29, 1.82) is 0 Å². The Kier molecular flexibility index (Phi) is 3.79. The van der Waals surface area contributed by atoms with Crippen molar-refractivity contribution in [2.75, 3.05) is 24.6 Å². The average molecular weight is 366 g/mol. The van der Waals surface area contributed by atoms with Crippen LogP contribution < -0.4 is 0 Å². The summed E-state index contributed by atoms with van der Waals surface area (Å²) >= 11 is 0. The van der Waals surface area contributed by atoms with Crippen LogP contribution >= 0.6 is 0 Å². The SMILES string of the molecule is O=C(CC1CCS(=O)(=O)C1)N1CCC2(CC1)C1CC3CC(C1)CC2C3. The van der Waals surface area contributed by atoms with Crippen molar-refractivity contribution < 1.29 is 13.2 Å². The third kappa shape index (κ3) is 2.76. The smallest absolute Gasteiger partial charge is 0.222 e. The molecule has 0 radical (unpaired) electrons. The van der Waals surface area contributed by atoms with Gasteiger partial charge in [0, 0.05) is 19.5 Å². The van der Waals surface area contributed by atoms with E-state index in [1.54, 1.807) is 0 Å². The molecule has 0 aromatic rings. The lowest BCUT2D eigenvalue weighted by atomic mass is 9.43. The van der Waals surface area contributed by atoms with Gasteiger partial charge in [-0.25, -0.2) is 8.42 Å². The standard InChI is InChI=1S/C20H31NO3S/c22-19(12-14-1-6-25(23,24)13-14)21-4-2-20(3-5-21)17-8-15-7-16(10-17)11-18(20)9-15/h14-18H,1-13H2. The molecule has 0 N–H and O–H groups in total. The molecule has 6 rings (SSSR count). The van der Waals surface area contributed by atoms with Crippen LogP contribution in [0.2, 0.25) is 0 Å². The number of rotatable bonds is 2. The first-order valence-electron chi connectivity index (χ1n) is 10.4. The van der Waals surface area contributed by atoms with Crippen LogP contribution in [0.5, 0.6) is 0 Å². The van der Waals surface area contributed by atoms with Crippen LogP contribution in [-0.2, 0) is 14.6 Å². The van der Waals surface area contributed by atoms with Crippen molar-refractivity contribution in [2.45, 2.75) is 57.8 Å². The van der Waals surface area contributed by atoms with Gasteiger partial charge in [-0.1, -0.05) is 0 Å². The second-order valence-electron chi connectivity index (χ2n) is 9.89. The van der Waals surface area contributed by atoms with Gasteiger partial charge >= 0.3 is 0 Å². The molecule has 140 valence electrons. The van der Waals surface area contributed by atoms with Gasteiger partial charge in [-0.2, -0.15) is 0 Å². The minimum Gasteiger partial charge on any atom is -0.343 e. The first-order valence-corrected chi connectivity index (χ1v) is 12.2. The lowest BCUT2D eigenvalue weighted by Gasteiger charge is -2.63. The van der Waals surface area contributed by atoms with E-state index in [2.05, 4.69) is 4.90 Å². The number of piperidine rings is 1. The van der Waals surface area contributed by atoms with Gasteiger partial charge in [0.05, 0.1) is 11.5 Å². The summed E-state index contributed by atoms with van der Waals surface area (Å²) in [5.74, 6) is 4.66. The topological polar surface area (TPSA) is 54.5 Å². The summed E-state index contributed by atoms with van der Waals surface area (Å²) in [6, 6.07) is 0. The van der Waals surface area contributed by atoms with E-state index >= 15 is 0 Å². The summed E-state index contributed by atoms with van der Waals surface area (Å²) in [5, 5.41) is 0. The van der Waals surface area contributed by atoms with E-state index in [1.807, 2.05) is 0 Å². The molecule has 0 aromatic carbocycles. The molecular weight excluding hydrogens is 334 g/mol. The Labute approximate surface area is 151 Å². The second-order valence-corrected chi connectivity index (χ2v) is 12.1. The van der Waals surface area contributed by atoms with Crippen molar-refractivity contribution in [2.24, 2.45) is 35.0 Å². The zero-order chi connectivity index (χ0) is 17.2. The van der Waals surface area contributed by atoms with Crippen molar-refractivity contribution in [1.82, 2.24) is 4.90 Å². The molecule has 1 unspecified atom stereocenters. The molecule has 4 bridgehead atoms. The van der Waals surface area contributed by atoms with E-state index < -0.39 is 9.84 Å². The van der Waals surface area contributed by atoms with Gasteiger partial charge in [0.15, 0.2) is 9.84 Å². The van der Waals surface area contributed by atoms with Crippen LogP contribution in [0.1, 0.15) is 57.8 Å². The number of carbonyl (C=O) groups is 1. The molecule has 5 heteroatoms. The van der Waals surface area contributed by atoms with Crippen molar-refractivity contribution in [3.05, 3.63) is 0 Å². The first kappa shape index (κ1) is 16.6. The number of carbonyl (C=O) groups excluding carboxylic acids is 1. The van der Waals surface area contributed by atoms with Crippen LogP contribution in [0.3, 0.4) is 0 Å². The van der Waals surface area contributed by atoms with Gasteiger partial charge in [0.25, 0.3) is 0 Å². The second kappa shape index (κ2) is 5.71. The number of hydrogen-bond donors (Lipinski definition) is 0. The van der Waals surface area contributed by atoms with Gasteiger partial charge in [0.1, 0.15) is 0 Å². The Morgan fingerprint density at radius 3 is 2.08 bits per heavy atom. The molecule has 1 atom stereocenters. The summed E-state index contributed by atoms with van der Waals surface area (Å²) < 4.78 is 23.2. The summed E-state index contributed by atoms with van der Waals surface area (Å²) in [5.41, 5.74) is 0.543. The van der Waals surface area contributed by atoms with E-state index in [4.69, 9.17) is 0 Å². The summed E-state index contributed by atoms with van der Waals surface area (Å²) in [7, 11) is -2.88. The van der Waals surface area contributed by atoms with Crippen LogP contribution in [0.15, 0.2) is 0 Å². The van der Waals surface area contributed by atoms with E-state index in [1.165, 1.54) is 44.9 Å². The quantitative estimate of drug-likeness (QED) is 0.756. The van der Waals surface area contributed by atoms with Crippen LogP contribution in [0, 0.1) is 35.0 Å². The maximum atomic E-state index is 12.7. The van der Waals surface area contributed by atoms with E-state index in [9.17, 15) is 13.2 Å². The fourth-order valence-electron chi connectivity index (χ4n) is 7.52. The predicted molar refractivity (Wildman–Crippen MR) is 96.7 cm³/mol. The zero-order valence-corrected chi connectivity index (χ0v) is 16.0. The Morgan fingerprint density at radius 1 is 0.960 bits per heavy atom. The van der Waals surface area contributed by atoms with Crippen molar-refractivity contribution >= 4 is 15.7 Å². The molecule has 4 saturated carbocycles. The van der Waals surface area contributed by atoms with Gasteiger partial charge in [-0.15, -0.1) is 0 Å². The predicted octanol–water partition coefficient (Wildman–Crippen LogP) is 2.88. The summed E-state index contributed by atoms with van der Waals surface area (Å²) in [6.45, 7) is 1.83. The molecule has 1 spiro atoms. The largest absolute Gasteiger partial charge is 0.343 e. The monoisotopic (exact) mass is 365 g/mol. The number of hydrogen-bond acceptors (Lipinski definition) is 3. The zero-order valence-electron chi connectivity index (χ0n) is 15.2. The molecular formula is C20H31NO3S. The molecule has 6 fully saturated rings. The van der Waals surface area contributed by atoms with E-state index in [0.29, 0.717) is 18.3 Å². The third-order valence-electron chi connectivity index (χ3n) is 8.60. The van der Waals surface area contributed by atoms with Crippen LogP contribution in [0.25, 0.3) is 0 Å². The maximum absolute atomic E-state index is 12.7. The molecule has 4 nitrogen and oxygen atoms in total. The number of nitrogens with zero attached hydrogens (tertiary/aromatic N) is 1. The molecule has 6 aliphatic rings. The normalized spacial score (nSPS) is 43.7. The van der Waals surface area contributed by atoms with Gasteiger partial charge in [-0.3, -0.25) is 4.79 Å². The average Bonchev–Trinajstić information content (AvgIpc) is 2.91. The highest BCUT2D eigenvalue weighted by molar-refractivity contribution is 7.91. The first-order chi connectivity index (χ1) is 11.9. The molecule has 2 saturated heterocycles. The highest BCUT2D eigenvalue weighted by atomic mass is 32.2. The lowest BCUT2D eigenvalue weighted by molar-refractivity contribution is -0.151. The van der Waals surface area contributed by atoms with E-state index in [-0.39, 0.29) is 23.3 Å². The Balaban J connectivity index is 1.21. The van der Waals surface area contributed by atoms with Gasteiger partial charge < -0.3 is 4.90 Å². The van der Waals surface area contributed by atoms with E-state index in [0.717, 1.165) is 36.8 Å². The lowest BCUT2D eigenvalue weighted by Crippen LogP contribution is -2.57. The molecule has 4 aliphatic carbocycles. The Morgan fingerprint density at radius 2 is 1.56 bits per heavy atom. The number of sulfone groups is 1. The molecule has 0 aromatic heterocycles. The highest BCUT2D eigenvalue weighted by Gasteiger charge is 2.57. The molecule has 1 amide bonds. The van der Waals surface area contributed by atoms with Gasteiger partial charge in [0.2, 0.25) is 5.91 Å². The number of likely N-dealkylation sites (tertiary alicyclic amines) is 1. The summed E-state index contributed by atoms with van der Waals surface area (Å²) in [4.78, 5) is 14.7. The Bertz CT molecular complexity index is 632. The molecule has 2 aliphatic heterocycles. The molecule has 25 heavy (non-hydrogen) atoms. The van der Waals surface area contributed by atoms with Crippen molar-refractivity contribution in [3.8, 4) is 0 Å². The van der Waals surface area contributed by atoms with Gasteiger partial charge in [-0.05, 0) is 86.4 Å². The van der Waals surface area contributed by atoms with Crippen LogP contribution in [0.4, 0.5) is 0 Å². The van der Waals surface area contributed by atoms with Crippen molar-refractivity contribution in [3.63, 3.8) is 0 Å². The van der Waals surface area contributed by atoms with Crippen LogP contribution in [-0.4, -0.2) is 43.8 Å². The highest BCUT2D eigenvalue weighted by Crippen LogP contribution is 2.65. The third-order valence-corrected chi connectivity index (χ3v) is 10.4. The number of amides is 1. The Hall–Kier alpha value is -0.580. The minimum absolute atomic E-state index is 0.0644. The fraction of sp³-hybridized carbons (Fsp3) is 0.950. The minimum atomic E-state index is -2.88. The maximum Gasteiger partial charge on any atom is 0.222 e. The molecule has 2 heterocycles.